The van der Waals surface area contributed by atoms with Gasteiger partial charge in [-0.15, -0.1) is 11.8 Å². The molecule has 0 aromatic heterocycles. The van der Waals surface area contributed by atoms with Crippen molar-refractivity contribution >= 4 is 17.7 Å². The van der Waals surface area contributed by atoms with Gasteiger partial charge in [0.15, 0.2) is 11.5 Å². The van der Waals surface area contributed by atoms with E-state index in [-0.39, 0.29) is 17.3 Å². The van der Waals surface area contributed by atoms with Crippen LogP contribution in [0.5, 0.6) is 11.5 Å². The lowest BCUT2D eigenvalue weighted by atomic mass is 10.1. The summed E-state index contributed by atoms with van der Waals surface area (Å²) in [5, 5.41) is 2.70. The molecule has 4 rings (SSSR count). The normalized spacial score (nSPS) is 16.2. The van der Waals surface area contributed by atoms with E-state index in [9.17, 15) is 4.79 Å². The number of para-hydroxylation sites is 2. The quantitative estimate of drug-likeness (QED) is 0.630. The van der Waals surface area contributed by atoms with Gasteiger partial charge in [-0.3, -0.25) is 4.79 Å². The largest absolute Gasteiger partial charge is 0.486 e. The number of benzene rings is 3. The van der Waals surface area contributed by atoms with Crippen LogP contribution in [-0.2, 0) is 4.79 Å². The Hall–Kier alpha value is -2.92. The number of rotatable bonds is 6. The second-order valence-electron chi connectivity index (χ2n) is 6.46. The van der Waals surface area contributed by atoms with E-state index < -0.39 is 0 Å². The summed E-state index contributed by atoms with van der Waals surface area (Å²) in [6, 6.07) is 27.4. The van der Waals surface area contributed by atoms with Crippen LogP contribution in [0.4, 0.5) is 0 Å². The maximum absolute atomic E-state index is 13.0. The maximum atomic E-state index is 13.0. The fraction of sp³-hybridized carbons (Fsp3) is 0.174. The summed E-state index contributed by atoms with van der Waals surface area (Å²) in [6.45, 7) is 0.810. The summed E-state index contributed by atoms with van der Waals surface area (Å²) in [4.78, 5) is 14.1. The Kier molecular flexibility index (Phi) is 5.83. The van der Waals surface area contributed by atoms with E-state index >= 15 is 0 Å². The number of carbonyl (C=O) groups is 1. The van der Waals surface area contributed by atoms with Gasteiger partial charge in [0.05, 0.1) is 6.54 Å². The Balaban J connectivity index is 1.43. The van der Waals surface area contributed by atoms with E-state index in [4.69, 9.17) is 9.47 Å². The first-order valence-corrected chi connectivity index (χ1v) is 10.1. The third-order valence-corrected chi connectivity index (χ3v) is 5.68. The highest BCUT2D eigenvalue weighted by molar-refractivity contribution is 8.00. The lowest BCUT2D eigenvalue weighted by Gasteiger charge is -2.27. The molecular formula is C23H21NO3S. The average Bonchev–Trinajstić information content (AvgIpc) is 2.77. The van der Waals surface area contributed by atoms with E-state index in [0.717, 1.165) is 16.2 Å². The zero-order valence-corrected chi connectivity index (χ0v) is 16.1. The molecule has 1 aliphatic rings. The highest BCUT2D eigenvalue weighted by Crippen LogP contribution is 2.35. The summed E-state index contributed by atoms with van der Waals surface area (Å²) in [5.41, 5.74) is 0.972. The van der Waals surface area contributed by atoms with Crippen molar-refractivity contribution in [2.24, 2.45) is 0 Å². The SMILES string of the molecule is O=C(NC[C@H]1COc2ccccc2O1)[C@H](Sc1ccccc1)c1ccccc1. The third kappa shape index (κ3) is 4.49. The molecule has 0 saturated carbocycles. The molecule has 0 unspecified atom stereocenters. The van der Waals surface area contributed by atoms with Crippen LogP contribution in [0.2, 0.25) is 0 Å². The van der Waals surface area contributed by atoms with Crippen LogP contribution in [0.15, 0.2) is 89.8 Å². The number of carbonyl (C=O) groups excluding carboxylic acids is 1. The van der Waals surface area contributed by atoms with E-state index in [1.54, 1.807) is 11.8 Å². The molecule has 1 aliphatic heterocycles. The van der Waals surface area contributed by atoms with Crippen molar-refractivity contribution in [2.75, 3.05) is 13.2 Å². The number of fused-ring (bicyclic) bond motifs is 1. The Bertz CT molecular complexity index is 917. The Morgan fingerprint density at radius 2 is 1.57 bits per heavy atom. The van der Waals surface area contributed by atoms with E-state index in [1.807, 2.05) is 84.9 Å². The van der Waals surface area contributed by atoms with Crippen molar-refractivity contribution in [3.63, 3.8) is 0 Å². The van der Waals surface area contributed by atoms with Gasteiger partial charge < -0.3 is 14.8 Å². The smallest absolute Gasteiger partial charge is 0.238 e. The Morgan fingerprint density at radius 3 is 2.32 bits per heavy atom. The molecule has 0 fully saturated rings. The molecule has 28 heavy (non-hydrogen) atoms. The molecule has 2 atom stereocenters. The molecule has 1 amide bonds. The van der Waals surface area contributed by atoms with Gasteiger partial charge >= 0.3 is 0 Å². The third-order valence-electron chi connectivity index (χ3n) is 4.41. The lowest BCUT2D eigenvalue weighted by molar-refractivity contribution is -0.121. The number of amides is 1. The van der Waals surface area contributed by atoms with Crippen LogP contribution in [0, 0.1) is 0 Å². The first kappa shape index (κ1) is 18.4. The molecule has 0 bridgehead atoms. The number of nitrogens with one attached hydrogen (secondary N) is 1. The first-order chi connectivity index (χ1) is 13.8. The fourth-order valence-electron chi connectivity index (χ4n) is 3.01. The maximum Gasteiger partial charge on any atom is 0.238 e. The van der Waals surface area contributed by atoms with Gasteiger partial charge in [-0.25, -0.2) is 0 Å². The molecule has 1 N–H and O–H groups in total. The summed E-state index contributed by atoms with van der Waals surface area (Å²) >= 11 is 1.54. The average molecular weight is 391 g/mol. The molecule has 3 aromatic carbocycles. The van der Waals surface area contributed by atoms with Crippen LogP contribution >= 0.6 is 11.8 Å². The summed E-state index contributed by atoms with van der Waals surface area (Å²) < 4.78 is 11.7. The Labute approximate surface area is 168 Å². The topological polar surface area (TPSA) is 47.6 Å². The minimum Gasteiger partial charge on any atom is -0.486 e. The standard InChI is InChI=1S/C23H21NO3S/c25-23(24-15-18-16-26-20-13-7-8-14-21(20)27-18)22(17-9-3-1-4-10-17)28-19-11-5-2-6-12-19/h1-14,18,22H,15-16H2,(H,24,25)/t18-,22+/m0/s1. The summed E-state index contributed by atoms with van der Waals surface area (Å²) in [6.07, 6.45) is -0.211. The van der Waals surface area contributed by atoms with Gasteiger partial charge in [-0.05, 0) is 29.8 Å². The van der Waals surface area contributed by atoms with Crippen LogP contribution in [0.25, 0.3) is 0 Å². The molecule has 5 heteroatoms. The van der Waals surface area contributed by atoms with Crippen LogP contribution < -0.4 is 14.8 Å². The number of hydrogen-bond donors (Lipinski definition) is 1. The molecular weight excluding hydrogens is 370 g/mol. The second kappa shape index (κ2) is 8.85. The molecule has 0 spiro atoms. The number of hydrogen-bond acceptors (Lipinski definition) is 4. The summed E-state index contributed by atoms with van der Waals surface area (Å²) in [7, 11) is 0. The molecule has 4 nitrogen and oxygen atoms in total. The van der Waals surface area contributed by atoms with Gasteiger partial charge in [0, 0.05) is 4.90 Å². The van der Waals surface area contributed by atoms with E-state index in [0.29, 0.717) is 18.9 Å². The highest BCUT2D eigenvalue weighted by Gasteiger charge is 2.25. The van der Waals surface area contributed by atoms with Gasteiger partial charge in [0.2, 0.25) is 5.91 Å². The zero-order chi connectivity index (χ0) is 19.2. The van der Waals surface area contributed by atoms with Gasteiger partial charge in [0.1, 0.15) is 18.0 Å². The van der Waals surface area contributed by atoms with Crippen molar-refractivity contribution in [3.05, 3.63) is 90.5 Å². The van der Waals surface area contributed by atoms with Gasteiger partial charge in [-0.2, -0.15) is 0 Å². The predicted molar refractivity (Wildman–Crippen MR) is 111 cm³/mol. The van der Waals surface area contributed by atoms with Crippen molar-refractivity contribution in [3.8, 4) is 11.5 Å². The molecule has 0 radical (unpaired) electrons. The van der Waals surface area contributed by atoms with Gasteiger partial charge in [0.25, 0.3) is 0 Å². The Morgan fingerprint density at radius 1 is 0.929 bits per heavy atom. The molecule has 142 valence electrons. The van der Waals surface area contributed by atoms with E-state index in [2.05, 4.69) is 5.32 Å². The number of ether oxygens (including phenoxy) is 2. The fourth-order valence-corrected chi connectivity index (χ4v) is 4.08. The predicted octanol–water partition coefficient (Wildman–Crippen LogP) is 4.48. The summed E-state index contributed by atoms with van der Waals surface area (Å²) in [5.74, 6) is 1.42. The van der Waals surface area contributed by atoms with Crippen LogP contribution in [0.1, 0.15) is 10.8 Å². The molecule has 0 saturated heterocycles. The van der Waals surface area contributed by atoms with Crippen LogP contribution in [-0.4, -0.2) is 25.2 Å². The molecule has 3 aromatic rings. The minimum atomic E-state index is -0.333. The van der Waals surface area contributed by atoms with Crippen molar-refractivity contribution in [1.29, 1.82) is 0 Å². The van der Waals surface area contributed by atoms with Crippen LogP contribution in [0.3, 0.4) is 0 Å². The van der Waals surface area contributed by atoms with Crippen molar-refractivity contribution in [1.82, 2.24) is 5.32 Å². The van der Waals surface area contributed by atoms with E-state index in [1.165, 1.54) is 0 Å². The first-order valence-electron chi connectivity index (χ1n) is 9.22. The minimum absolute atomic E-state index is 0.0393. The number of thioether (sulfide) groups is 1. The van der Waals surface area contributed by atoms with Crippen molar-refractivity contribution < 1.29 is 14.3 Å². The zero-order valence-electron chi connectivity index (χ0n) is 15.3. The van der Waals surface area contributed by atoms with Gasteiger partial charge in [-0.1, -0.05) is 60.7 Å². The second-order valence-corrected chi connectivity index (χ2v) is 7.64. The monoisotopic (exact) mass is 391 g/mol. The molecule has 1 heterocycles. The van der Waals surface area contributed by atoms with Crippen molar-refractivity contribution in [2.45, 2.75) is 16.2 Å². The highest BCUT2D eigenvalue weighted by atomic mass is 32.2. The molecule has 0 aliphatic carbocycles. The lowest BCUT2D eigenvalue weighted by Crippen LogP contribution is -2.41.